The zero-order valence-corrected chi connectivity index (χ0v) is 13.2. The summed E-state index contributed by atoms with van der Waals surface area (Å²) < 4.78 is 28.5. The topological polar surface area (TPSA) is 58.6 Å². The van der Waals surface area contributed by atoms with Gasteiger partial charge < -0.3 is 15.0 Å². The zero-order chi connectivity index (χ0) is 17.8. The fourth-order valence-electron chi connectivity index (χ4n) is 2.64. The van der Waals surface area contributed by atoms with Crippen LogP contribution in [0.3, 0.4) is 0 Å². The van der Waals surface area contributed by atoms with Crippen molar-refractivity contribution in [2.45, 2.75) is 19.5 Å². The summed E-state index contributed by atoms with van der Waals surface area (Å²) in [7, 11) is 0. The Morgan fingerprint density at radius 1 is 1.08 bits per heavy atom. The Morgan fingerprint density at radius 3 is 2.32 bits per heavy atom. The Bertz CT molecular complexity index is 761. The minimum absolute atomic E-state index is 0.00816. The highest BCUT2D eigenvalue weighted by Gasteiger charge is 2.21. The van der Waals surface area contributed by atoms with E-state index in [4.69, 9.17) is 0 Å². The van der Waals surface area contributed by atoms with Crippen molar-refractivity contribution in [1.29, 1.82) is 0 Å². The van der Waals surface area contributed by atoms with Gasteiger partial charge in [0.15, 0.2) is 0 Å². The molecule has 0 saturated carbocycles. The van der Waals surface area contributed by atoms with Crippen LogP contribution in [0.5, 0.6) is 5.75 Å². The van der Waals surface area contributed by atoms with E-state index in [-0.39, 0.29) is 17.6 Å². The quantitative estimate of drug-likeness (QED) is 0.899. The predicted octanol–water partition coefficient (Wildman–Crippen LogP) is 3.67. The number of carbonyl (C=O) groups is 2. The first-order valence-corrected chi connectivity index (χ1v) is 7.79. The lowest BCUT2D eigenvalue weighted by atomic mass is 10.2. The van der Waals surface area contributed by atoms with Crippen molar-refractivity contribution in [3.63, 3.8) is 0 Å². The van der Waals surface area contributed by atoms with Gasteiger partial charge in [-0.15, -0.1) is 0 Å². The number of hydrogen-bond acceptors (Lipinski definition) is 3. The molecule has 1 fully saturated rings. The Hall–Kier alpha value is -2.96. The third-order valence-corrected chi connectivity index (χ3v) is 3.85. The molecular formula is C18H16F2N2O3. The fourth-order valence-corrected chi connectivity index (χ4v) is 2.64. The van der Waals surface area contributed by atoms with Crippen LogP contribution < -0.4 is 15.0 Å². The molecular weight excluding hydrogens is 330 g/mol. The lowest BCUT2D eigenvalue weighted by molar-refractivity contribution is -0.117. The number of nitrogens with zero attached hydrogens (tertiary/aromatic N) is 1. The number of hydrogen-bond donors (Lipinski definition) is 1. The van der Waals surface area contributed by atoms with E-state index in [9.17, 15) is 18.4 Å². The van der Waals surface area contributed by atoms with Crippen LogP contribution in [0.2, 0.25) is 0 Å². The molecule has 1 aliphatic rings. The van der Waals surface area contributed by atoms with Gasteiger partial charge in [0.25, 0.3) is 5.91 Å². The summed E-state index contributed by atoms with van der Waals surface area (Å²) >= 11 is 0. The molecule has 7 heteroatoms. The van der Waals surface area contributed by atoms with Gasteiger partial charge in [-0.25, -0.2) is 0 Å². The number of alkyl halides is 2. The largest absolute Gasteiger partial charge is 0.435 e. The molecule has 0 atom stereocenters. The minimum atomic E-state index is -2.90. The second kappa shape index (κ2) is 7.29. The molecule has 0 bridgehead atoms. The number of halogens is 2. The van der Waals surface area contributed by atoms with Gasteiger partial charge in [-0.3, -0.25) is 9.59 Å². The normalized spacial score (nSPS) is 14.0. The number of rotatable bonds is 5. The van der Waals surface area contributed by atoms with Crippen LogP contribution in [-0.2, 0) is 4.79 Å². The molecule has 1 aliphatic heterocycles. The highest BCUT2D eigenvalue weighted by atomic mass is 19.3. The maximum absolute atomic E-state index is 12.2. The number of ether oxygens (including phenoxy) is 1. The average Bonchev–Trinajstić information content (AvgIpc) is 3.02. The lowest BCUT2D eigenvalue weighted by Crippen LogP contribution is -2.23. The lowest BCUT2D eigenvalue weighted by Gasteiger charge is -2.16. The van der Waals surface area contributed by atoms with Crippen LogP contribution in [0.4, 0.5) is 20.2 Å². The van der Waals surface area contributed by atoms with Crippen LogP contribution in [0.25, 0.3) is 0 Å². The third kappa shape index (κ3) is 4.12. The monoisotopic (exact) mass is 346 g/mol. The molecule has 130 valence electrons. The summed E-state index contributed by atoms with van der Waals surface area (Å²) in [6.45, 7) is -2.20. The van der Waals surface area contributed by atoms with Crippen LogP contribution in [0.1, 0.15) is 23.2 Å². The molecule has 5 nitrogen and oxygen atoms in total. The van der Waals surface area contributed by atoms with E-state index in [2.05, 4.69) is 10.1 Å². The van der Waals surface area contributed by atoms with Crippen molar-refractivity contribution in [3.8, 4) is 5.75 Å². The Balaban J connectivity index is 1.63. The molecule has 2 amide bonds. The number of carbonyl (C=O) groups excluding carboxylic acids is 2. The van der Waals surface area contributed by atoms with Gasteiger partial charge in [0.05, 0.1) is 0 Å². The summed E-state index contributed by atoms with van der Waals surface area (Å²) in [5, 5.41) is 2.72. The summed E-state index contributed by atoms with van der Waals surface area (Å²) in [5.74, 6) is -0.275. The Kier molecular flexibility index (Phi) is 4.92. The highest BCUT2D eigenvalue weighted by Crippen LogP contribution is 2.23. The minimum Gasteiger partial charge on any atom is -0.435 e. The molecule has 25 heavy (non-hydrogen) atoms. The smallest absolute Gasteiger partial charge is 0.387 e. The SMILES string of the molecule is O=C(Nc1ccc(N2CCCC2=O)cc1)c1ccc(OC(F)F)cc1. The van der Waals surface area contributed by atoms with E-state index in [1.165, 1.54) is 24.3 Å². The molecule has 1 N–H and O–H groups in total. The van der Waals surface area contributed by atoms with Gasteiger partial charge >= 0.3 is 6.61 Å². The maximum Gasteiger partial charge on any atom is 0.387 e. The predicted molar refractivity (Wildman–Crippen MR) is 89.1 cm³/mol. The molecule has 1 heterocycles. The second-order valence-electron chi connectivity index (χ2n) is 5.55. The van der Waals surface area contributed by atoms with Gasteiger partial charge in [-0.1, -0.05) is 0 Å². The Labute approximate surface area is 143 Å². The molecule has 0 unspecified atom stereocenters. The first-order valence-electron chi connectivity index (χ1n) is 7.79. The molecule has 0 aliphatic carbocycles. The van der Waals surface area contributed by atoms with Crippen molar-refractivity contribution in [2.24, 2.45) is 0 Å². The first kappa shape index (κ1) is 16.9. The van der Waals surface area contributed by atoms with E-state index < -0.39 is 6.61 Å². The molecule has 2 aromatic carbocycles. The summed E-state index contributed by atoms with van der Waals surface area (Å²) in [6.07, 6.45) is 1.41. The van der Waals surface area contributed by atoms with Crippen molar-refractivity contribution in [2.75, 3.05) is 16.8 Å². The zero-order valence-electron chi connectivity index (χ0n) is 13.2. The van der Waals surface area contributed by atoms with E-state index in [0.29, 0.717) is 24.2 Å². The molecule has 3 rings (SSSR count). The van der Waals surface area contributed by atoms with Gasteiger partial charge in [0.1, 0.15) is 5.75 Å². The standard InChI is InChI=1S/C18H16F2N2O3/c19-18(20)25-15-9-3-12(4-10-15)17(24)21-13-5-7-14(8-6-13)22-11-1-2-16(22)23/h3-10,18H,1-2,11H2,(H,21,24). The van der Waals surface area contributed by atoms with Gasteiger partial charge in [0.2, 0.25) is 5.91 Å². The number of amides is 2. The van der Waals surface area contributed by atoms with Crippen LogP contribution in [-0.4, -0.2) is 25.0 Å². The second-order valence-corrected chi connectivity index (χ2v) is 5.55. The number of anilines is 2. The van der Waals surface area contributed by atoms with Crippen LogP contribution in [0.15, 0.2) is 48.5 Å². The third-order valence-electron chi connectivity index (χ3n) is 3.85. The fraction of sp³-hybridized carbons (Fsp3) is 0.222. The van der Waals surface area contributed by atoms with Crippen molar-refractivity contribution in [3.05, 3.63) is 54.1 Å². The molecule has 1 saturated heterocycles. The maximum atomic E-state index is 12.2. The molecule has 0 radical (unpaired) electrons. The number of nitrogens with one attached hydrogen (secondary N) is 1. The van der Waals surface area contributed by atoms with Crippen LogP contribution in [0, 0.1) is 0 Å². The van der Waals surface area contributed by atoms with E-state index in [0.717, 1.165) is 12.1 Å². The molecule has 0 spiro atoms. The van der Waals surface area contributed by atoms with Crippen LogP contribution >= 0.6 is 0 Å². The summed E-state index contributed by atoms with van der Waals surface area (Å²) in [4.78, 5) is 25.6. The van der Waals surface area contributed by atoms with E-state index in [1.54, 1.807) is 29.2 Å². The van der Waals surface area contributed by atoms with Crippen molar-refractivity contribution in [1.82, 2.24) is 0 Å². The van der Waals surface area contributed by atoms with E-state index in [1.807, 2.05) is 0 Å². The average molecular weight is 346 g/mol. The van der Waals surface area contributed by atoms with E-state index >= 15 is 0 Å². The Morgan fingerprint density at radius 2 is 1.76 bits per heavy atom. The highest BCUT2D eigenvalue weighted by molar-refractivity contribution is 6.04. The molecule has 2 aromatic rings. The van der Waals surface area contributed by atoms with Crippen molar-refractivity contribution >= 4 is 23.2 Å². The van der Waals surface area contributed by atoms with Crippen molar-refractivity contribution < 1.29 is 23.1 Å². The summed E-state index contributed by atoms with van der Waals surface area (Å²) in [5.41, 5.74) is 1.70. The van der Waals surface area contributed by atoms with Gasteiger partial charge in [0, 0.05) is 29.9 Å². The molecule has 0 aromatic heterocycles. The van der Waals surface area contributed by atoms with Gasteiger partial charge in [-0.2, -0.15) is 8.78 Å². The first-order chi connectivity index (χ1) is 12.0. The number of benzene rings is 2. The summed E-state index contributed by atoms with van der Waals surface area (Å²) in [6, 6.07) is 12.4. The van der Waals surface area contributed by atoms with Gasteiger partial charge in [-0.05, 0) is 55.0 Å².